The number of carbonyl (C=O) groups is 2. The second-order valence-corrected chi connectivity index (χ2v) is 5.02. The van der Waals surface area contributed by atoms with E-state index in [1.807, 2.05) is 6.92 Å². The van der Waals surface area contributed by atoms with Crippen molar-refractivity contribution in [3.8, 4) is 5.75 Å². The number of nitrogens with one attached hydrogen (secondary N) is 1. The normalized spacial score (nSPS) is 10.1. The number of nitrogens with zero attached hydrogens (tertiary/aromatic N) is 1. The SMILES string of the molecule is CCOc1ccc(C(=O)NC(=O)c2cc(Cl)nc(Cl)c2)cc1. The first kappa shape index (κ1) is 16.3. The number of carbonyl (C=O) groups excluding carboxylic acids is 2. The summed E-state index contributed by atoms with van der Waals surface area (Å²) in [5, 5.41) is 2.40. The van der Waals surface area contributed by atoms with E-state index in [0.717, 1.165) is 0 Å². The summed E-state index contributed by atoms with van der Waals surface area (Å²) < 4.78 is 5.28. The summed E-state index contributed by atoms with van der Waals surface area (Å²) in [5.41, 5.74) is 0.493. The molecule has 0 atom stereocenters. The molecule has 0 unspecified atom stereocenters. The maximum atomic E-state index is 12.0. The number of hydrogen-bond acceptors (Lipinski definition) is 4. The van der Waals surface area contributed by atoms with Crippen LogP contribution < -0.4 is 10.1 Å². The van der Waals surface area contributed by atoms with E-state index in [2.05, 4.69) is 10.3 Å². The van der Waals surface area contributed by atoms with Crippen molar-refractivity contribution in [1.29, 1.82) is 0 Å². The van der Waals surface area contributed by atoms with Gasteiger partial charge in [0.25, 0.3) is 11.8 Å². The van der Waals surface area contributed by atoms with E-state index in [4.69, 9.17) is 27.9 Å². The summed E-state index contributed by atoms with van der Waals surface area (Å²) in [7, 11) is 0. The number of hydrogen-bond donors (Lipinski definition) is 1. The molecule has 0 aliphatic heterocycles. The van der Waals surface area contributed by atoms with Crippen molar-refractivity contribution in [3.63, 3.8) is 0 Å². The largest absolute Gasteiger partial charge is 0.494 e. The van der Waals surface area contributed by atoms with E-state index in [-0.39, 0.29) is 15.9 Å². The first-order chi connectivity index (χ1) is 10.5. The smallest absolute Gasteiger partial charge is 0.258 e. The first-order valence-electron chi connectivity index (χ1n) is 6.41. The molecular weight excluding hydrogens is 327 g/mol. The van der Waals surface area contributed by atoms with Gasteiger partial charge in [-0.2, -0.15) is 0 Å². The van der Waals surface area contributed by atoms with Crippen molar-refractivity contribution >= 4 is 35.0 Å². The summed E-state index contributed by atoms with van der Waals surface area (Å²) in [6.07, 6.45) is 0. The van der Waals surface area contributed by atoms with Crippen LogP contribution in [-0.2, 0) is 0 Å². The zero-order valence-electron chi connectivity index (χ0n) is 11.6. The molecule has 0 fully saturated rings. The number of imide groups is 1. The van der Waals surface area contributed by atoms with Gasteiger partial charge in [-0.3, -0.25) is 14.9 Å². The van der Waals surface area contributed by atoms with Gasteiger partial charge in [0.05, 0.1) is 6.61 Å². The van der Waals surface area contributed by atoms with Gasteiger partial charge in [-0.25, -0.2) is 4.98 Å². The number of ether oxygens (including phenoxy) is 1. The van der Waals surface area contributed by atoms with Crippen LogP contribution in [0.15, 0.2) is 36.4 Å². The van der Waals surface area contributed by atoms with Gasteiger partial charge in [0.1, 0.15) is 16.1 Å². The van der Waals surface area contributed by atoms with Crippen LogP contribution in [0, 0.1) is 0 Å². The Bertz CT molecular complexity index is 682. The molecule has 22 heavy (non-hydrogen) atoms. The van der Waals surface area contributed by atoms with Crippen LogP contribution in [0.4, 0.5) is 0 Å². The summed E-state index contributed by atoms with van der Waals surface area (Å²) in [5.74, 6) is -0.486. The predicted molar refractivity (Wildman–Crippen MR) is 83.7 cm³/mol. The lowest BCUT2D eigenvalue weighted by molar-refractivity contribution is 0.0849. The molecule has 0 saturated heterocycles. The van der Waals surface area contributed by atoms with Crippen LogP contribution in [-0.4, -0.2) is 23.4 Å². The fraction of sp³-hybridized carbons (Fsp3) is 0.133. The molecule has 0 spiro atoms. The fourth-order valence-electron chi connectivity index (χ4n) is 1.71. The highest BCUT2D eigenvalue weighted by Gasteiger charge is 2.14. The molecule has 1 N–H and O–H groups in total. The summed E-state index contributed by atoms with van der Waals surface area (Å²) in [6.45, 7) is 2.40. The van der Waals surface area contributed by atoms with Gasteiger partial charge in [-0.05, 0) is 43.3 Å². The van der Waals surface area contributed by atoms with Crippen molar-refractivity contribution in [2.45, 2.75) is 6.92 Å². The maximum absolute atomic E-state index is 12.0. The molecule has 2 aromatic rings. The topological polar surface area (TPSA) is 68.3 Å². The molecule has 1 aromatic heterocycles. The number of amides is 2. The maximum Gasteiger partial charge on any atom is 0.258 e. The Morgan fingerprint density at radius 2 is 1.59 bits per heavy atom. The van der Waals surface area contributed by atoms with Crippen molar-refractivity contribution in [2.75, 3.05) is 6.61 Å². The van der Waals surface area contributed by atoms with Crippen molar-refractivity contribution in [3.05, 3.63) is 57.8 Å². The Hall–Kier alpha value is -2.11. The lowest BCUT2D eigenvalue weighted by Gasteiger charge is -2.06. The monoisotopic (exact) mass is 338 g/mol. The Morgan fingerprint density at radius 3 is 2.14 bits per heavy atom. The third kappa shape index (κ3) is 4.19. The number of pyridine rings is 1. The summed E-state index contributed by atoms with van der Waals surface area (Å²) in [6, 6.07) is 9.11. The molecule has 0 aliphatic carbocycles. The van der Waals surface area contributed by atoms with Gasteiger partial charge in [-0.15, -0.1) is 0 Å². The first-order valence-corrected chi connectivity index (χ1v) is 7.17. The molecule has 0 aliphatic rings. The van der Waals surface area contributed by atoms with Gasteiger partial charge in [0.2, 0.25) is 0 Å². The highest BCUT2D eigenvalue weighted by molar-refractivity contribution is 6.33. The van der Waals surface area contributed by atoms with Crippen LogP contribution >= 0.6 is 23.2 Å². The highest BCUT2D eigenvalue weighted by Crippen LogP contribution is 2.15. The van der Waals surface area contributed by atoms with Crippen LogP contribution in [0.1, 0.15) is 27.6 Å². The van der Waals surface area contributed by atoms with Crippen LogP contribution in [0.3, 0.4) is 0 Å². The number of benzene rings is 1. The highest BCUT2D eigenvalue weighted by atomic mass is 35.5. The molecule has 2 rings (SSSR count). The van der Waals surface area contributed by atoms with E-state index in [9.17, 15) is 9.59 Å². The molecule has 0 radical (unpaired) electrons. The standard InChI is InChI=1S/C15H12Cl2N2O3/c1-2-22-11-5-3-9(4-6-11)14(20)19-15(21)10-7-12(16)18-13(17)8-10/h3-8H,2H2,1H3,(H,19,20,21). The van der Waals surface area contributed by atoms with Gasteiger partial charge in [0, 0.05) is 11.1 Å². The lowest BCUT2D eigenvalue weighted by Crippen LogP contribution is -2.30. The summed E-state index contributed by atoms with van der Waals surface area (Å²) in [4.78, 5) is 27.7. The molecule has 1 aromatic carbocycles. The zero-order valence-corrected chi connectivity index (χ0v) is 13.1. The minimum Gasteiger partial charge on any atom is -0.494 e. The fourth-order valence-corrected chi connectivity index (χ4v) is 2.17. The number of aromatic nitrogens is 1. The van der Waals surface area contributed by atoms with E-state index >= 15 is 0 Å². The van der Waals surface area contributed by atoms with E-state index in [1.165, 1.54) is 12.1 Å². The van der Waals surface area contributed by atoms with Gasteiger partial charge < -0.3 is 4.74 Å². The molecule has 5 nitrogen and oxygen atoms in total. The molecule has 0 bridgehead atoms. The summed E-state index contributed by atoms with van der Waals surface area (Å²) >= 11 is 11.4. The molecular formula is C15H12Cl2N2O3. The van der Waals surface area contributed by atoms with Crippen molar-refractivity contribution < 1.29 is 14.3 Å². The molecule has 0 saturated carbocycles. The van der Waals surface area contributed by atoms with Crippen LogP contribution in [0.25, 0.3) is 0 Å². The second kappa shape index (κ2) is 7.24. The quantitative estimate of drug-likeness (QED) is 0.685. The average molecular weight is 339 g/mol. The molecule has 2 amide bonds. The Balaban J connectivity index is 2.09. The Morgan fingerprint density at radius 1 is 1.05 bits per heavy atom. The minimum atomic E-state index is -0.606. The average Bonchev–Trinajstić information content (AvgIpc) is 2.47. The van der Waals surface area contributed by atoms with Gasteiger partial charge in [-0.1, -0.05) is 23.2 Å². The van der Waals surface area contributed by atoms with Crippen molar-refractivity contribution in [2.24, 2.45) is 0 Å². The third-order valence-electron chi connectivity index (χ3n) is 2.68. The minimum absolute atomic E-state index is 0.0752. The second-order valence-electron chi connectivity index (χ2n) is 4.24. The lowest BCUT2D eigenvalue weighted by atomic mass is 10.2. The zero-order chi connectivity index (χ0) is 16.1. The Kier molecular flexibility index (Phi) is 5.35. The Labute approximate surface area is 137 Å². The third-order valence-corrected chi connectivity index (χ3v) is 3.07. The molecule has 114 valence electrons. The van der Waals surface area contributed by atoms with E-state index in [0.29, 0.717) is 17.9 Å². The van der Waals surface area contributed by atoms with Crippen molar-refractivity contribution in [1.82, 2.24) is 10.3 Å². The van der Waals surface area contributed by atoms with E-state index in [1.54, 1.807) is 24.3 Å². The van der Waals surface area contributed by atoms with Crippen LogP contribution in [0.5, 0.6) is 5.75 Å². The number of halogens is 2. The number of rotatable bonds is 4. The van der Waals surface area contributed by atoms with Gasteiger partial charge in [0.15, 0.2) is 0 Å². The van der Waals surface area contributed by atoms with Gasteiger partial charge >= 0.3 is 0 Å². The molecule has 7 heteroatoms. The van der Waals surface area contributed by atoms with E-state index < -0.39 is 11.8 Å². The predicted octanol–water partition coefficient (Wildman–Crippen LogP) is 3.36. The molecule has 1 heterocycles. The van der Waals surface area contributed by atoms with Crippen LogP contribution in [0.2, 0.25) is 10.3 Å².